The van der Waals surface area contributed by atoms with Gasteiger partial charge in [0.25, 0.3) is 0 Å². The Morgan fingerprint density at radius 2 is 2.00 bits per heavy atom. The summed E-state index contributed by atoms with van der Waals surface area (Å²) in [5.74, 6) is 0.811. The van der Waals surface area contributed by atoms with Crippen LogP contribution in [0, 0.1) is 5.92 Å². The highest BCUT2D eigenvalue weighted by Gasteiger charge is 2.20. The molecule has 0 saturated heterocycles. The molecule has 0 aromatic rings. The van der Waals surface area contributed by atoms with Gasteiger partial charge in [-0.25, -0.2) is 0 Å². The first-order valence-corrected chi connectivity index (χ1v) is 6.90. The van der Waals surface area contributed by atoms with Crippen LogP contribution in [-0.2, 0) is 4.79 Å². The topological polar surface area (TPSA) is 52.6 Å². The van der Waals surface area contributed by atoms with Crippen LogP contribution in [0.15, 0.2) is 0 Å². The standard InChI is InChI=1S/C11H24N2O2S/c1-8(7-16-5)11(15)12-9(2)10(14)6-13(3)4/h8-10,14H,6-7H2,1-5H3,(H,12,15)/t8-,9+,10-/m1/s1. The van der Waals surface area contributed by atoms with E-state index in [2.05, 4.69) is 5.32 Å². The lowest BCUT2D eigenvalue weighted by molar-refractivity contribution is -0.125. The zero-order chi connectivity index (χ0) is 12.7. The van der Waals surface area contributed by atoms with Crippen LogP contribution in [0.4, 0.5) is 0 Å². The SMILES string of the molecule is CSC[C@@H](C)C(=O)N[C@@H](C)[C@H](O)CN(C)C. The molecule has 0 unspecified atom stereocenters. The van der Waals surface area contributed by atoms with E-state index in [1.54, 1.807) is 11.8 Å². The number of aliphatic hydroxyl groups is 1. The molecule has 0 rings (SSSR count). The van der Waals surface area contributed by atoms with Crippen molar-refractivity contribution in [3.05, 3.63) is 0 Å². The predicted octanol–water partition coefficient (Wildman–Crippen LogP) is 0.413. The van der Waals surface area contributed by atoms with Crippen molar-refractivity contribution in [2.75, 3.05) is 32.6 Å². The minimum Gasteiger partial charge on any atom is -0.390 e. The minimum absolute atomic E-state index is 0.0102. The maximum Gasteiger partial charge on any atom is 0.223 e. The zero-order valence-corrected chi connectivity index (χ0v) is 11.7. The quantitative estimate of drug-likeness (QED) is 0.685. The average Bonchev–Trinajstić information content (AvgIpc) is 2.16. The number of thioether (sulfide) groups is 1. The maximum atomic E-state index is 11.7. The van der Waals surface area contributed by atoms with Crippen LogP contribution < -0.4 is 5.32 Å². The predicted molar refractivity (Wildman–Crippen MR) is 69.7 cm³/mol. The molecular weight excluding hydrogens is 224 g/mol. The molecule has 0 fully saturated rings. The van der Waals surface area contributed by atoms with E-state index in [0.29, 0.717) is 6.54 Å². The van der Waals surface area contributed by atoms with E-state index < -0.39 is 6.10 Å². The van der Waals surface area contributed by atoms with Gasteiger partial charge < -0.3 is 15.3 Å². The van der Waals surface area contributed by atoms with E-state index in [4.69, 9.17) is 0 Å². The summed E-state index contributed by atoms with van der Waals surface area (Å²) in [4.78, 5) is 13.6. The molecule has 0 aliphatic rings. The molecule has 0 aromatic heterocycles. The van der Waals surface area contributed by atoms with Crippen LogP contribution >= 0.6 is 11.8 Å². The van der Waals surface area contributed by atoms with Crippen molar-refractivity contribution in [2.45, 2.75) is 26.0 Å². The Morgan fingerprint density at radius 3 is 2.44 bits per heavy atom. The molecule has 16 heavy (non-hydrogen) atoms. The molecule has 0 aromatic carbocycles. The van der Waals surface area contributed by atoms with Gasteiger partial charge in [0.2, 0.25) is 5.91 Å². The Bertz CT molecular complexity index is 212. The number of hydrogen-bond donors (Lipinski definition) is 2. The molecular formula is C11H24N2O2S. The monoisotopic (exact) mass is 248 g/mol. The Kier molecular flexibility index (Phi) is 7.80. The van der Waals surface area contributed by atoms with Crippen molar-refractivity contribution in [1.82, 2.24) is 10.2 Å². The third kappa shape index (κ3) is 6.35. The highest BCUT2D eigenvalue weighted by atomic mass is 32.2. The first-order valence-electron chi connectivity index (χ1n) is 5.50. The fourth-order valence-corrected chi connectivity index (χ4v) is 1.97. The van der Waals surface area contributed by atoms with Gasteiger partial charge >= 0.3 is 0 Å². The molecule has 4 nitrogen and oxygen atoms in total. The number of likely N-dealkylation sites (N-methyl/N-ethyl adjacent to an activating group) is 1. The third-order valence-corrected chi connectivity index (χ3v) is 3.20. The molecule has 0 aliphatic carbocycles. The van der Waals surface area contributed by atoms with Crippen LogP contribution in [0.5, 0.6) is 0 Å². The van der Waals surface area contributed by atoms with Gasteiger partial charge in [-0.2, -0.15) is 11.8 Å². The summed E-state index contributed by atoms with van der Waals surface area (Å²) in [5.41, 5.74) is 0. The number of nitrogens with zero attached hydrogens (tertiary/aromatic N) is 1. The Morgan fingerprint density at radius 1 is 1.44 bits per heavy atom. The molecule has 1 amide bonds. The minimum atomic E-state index is -0.527. The van der Waals surface area contributed by atoms with Crippen molar-refractivity contribution in [3.63, 3.8) is 0 Å². The van der Waals surface area contributed by atoms with Gasteiger partial charge in [0.15, 0.2) is 0 Å². The second kappa shape index (κ2) is 7.92. The second-order valence-corrected chi connectivity index (χ2v) is 5.39. The number of rotatable bonds is 7. The molecule has 0 bridgehead atoms. The molecule has 0 radical (unpaired) electrons. The first kappa shape index (κ1) is 15.7. The van der Waals surface area contributed by atoms with Crippen molar-refractivity contribution in [3.8, 4) is 0 Å². The molecule has 5 heteroatoms. The molecule has 3 atom stereocenters. The normalized spacial score (nSPS) is 16.9. The largest absolute Gasteiger partial charge is 0.390 e. The van der Waals surface area contributed by atoms with Gasteiger partial charge in [0, 0.05) is 18.2 Å². The molecule has 2 N–H and O–H groups in total. The molecule has 0 saturated carbocycles. The van der Waals surface area contributed by atoms with E-state index in [-0.39, 0.29) is 17.9 Å². The Labute approximate surface area is 103 Å². The summed E-state index contributed by atoms with van der Waals surface area (Å²) < 4.78 is 0. The number of carbonyl (C=O) groups excluding carboxylic acids is 1. The molecule has 96 valence electrons. The summed E-state index contributed by atoms with van der Waals surface area (Å²) in [6, 6.07) is -0.209. The lowest BCUT2D eigenvalue weighted by Crippen LogP contribution is -2.47. The summed E-state index contributed by atoms with van der Waals surface area (Å²) >= 11 is 1.65. The summed E-state index contributed by atoms with van der Waals surface area (Å²) in [6.07, 6.45) is 1.45. The fourth-order valence-electron chi connectivity index (χ4n) is 1.32. The fraction of sp³-hybridized carbons (Fsp3) is 0.909. The summed E-state index contributed by atoms with van der Waals surface area (Å²) in [7, 11) is 3.79. The molecule has 0 heterocycles. The van der Waals surface area contributed by atoms with E-state index >= 15 is 0 Å². The van der Waals surface area contributed by atoms with E-state index in [9.17, 15) is 9.90 Å². The van der Waals surface area contributed by atoms with Crippen molar-refractivity contribution < 1.29 is 9.90 Å². The number of aliphatic hydroxyl groups excluding tert-OH is 1. The van der Waals surface area contributed by atoms with Crippen molar-refractivity contribution in [1.29, 1.82) is 0 Å². The van der Waals surface area contributed by atoms with Gasteiger partial charge in [-0.05, 0) is 27.3 Å². The molecule has 0 aliphatic heterocycles. The van der Waals surface area contributed by atoms with E-state index in [1.165, 1.54) is 0 Å². The zero-order valence-electron chi connectivity index (χ0n) is 10.9. The number of hydrogen-bond acceptors (Lipinski definition) is 4. The van der Waals surface area contributed by atoms with Gasteiger partial charge in [-0.3, -0.25) is 4.79 Å². The number of amides is 1. The van der Waals surface area contributed by atoms with Gasteiger partial charge in [-0.15, -0.1) is 0 Å². The second-order valence-electron chi connectivity index (χ2n) is 4.48. The average molecular weight is 248 g/mol. The van der Waals surface area contributed by atoms with Crippen LogP contribution in [0.2, 0.25) is 0 Å². The molecule has 0 spiro atoms. The maximum absolute atomic E-state index is 11.7. The van der Waals surface area contributed by atoms with Crippen LogP contribution in [0.25, 0.3) is 0 Å². The first-order chi connectivity index (χ1) is 7.38. The lowest BCUT2D eigenvalue weighted by atomic mass is 10.1. The number of nitrogens with one attached hydrogen (secondary N) is 1. The summed E-state index contributed by atoms with van der Waals surface area (Å²) in [5, 5.41) is 12.6. The Balaban J connectivity index is 4.02. The highest BCUT2D eigenvalue weighted by Crippen LogP contribution is 2.05. The number of carbonyl (C=O) groups is 1. The highest BCUT2D eigenvalue weighted by molar-refractivity contribution is 7.98. The van der Waals surface area contributed by atoms with E-state index in [1.807, 2.05) is 39.1 Å². The van der Waals surface area contributed by atoms with Gasteiger partial charge in [0.1, 0.15) is 0 Å². The van der Waals surface area contributed by atoms with Gasteiger partial charge in [0.05, 0.1) is 12.1 Å². The van der Waals surface area contributed by atoms with Crippen LogP contribution in [0.1, 0.15) is 13.8 Å². The van der Waals surface area contributed by atoms with Crippen molar-refractivity contribution >= 4 is 17.7 Å². The summed E-state index contributed by atoms with van der Waals surface area (Å²) in [6.45, 7) is 4.28. The van der Waals surface area contributed by atoms with Gasteiger partial charge in [-0.1, -0.05) is 6.92 Å². The van der Waals surface area contributed by atoms with E-state index in [0.717, 1.165) is 5.75 Å². The van der Waals surface area contributed by atoms with Crippen molar-refractivity contribution in [2.24, 2.45) is 5.92 Å². The smallest absolute Gasteiger partial charge is 0.223 e. The van der Waals surface area contributed by atoms with Crippen LogP contribution in [0.3, 0.4) is 0 Å². The van der Waals surface area contributed by atoms with Crippen LogP contribution in [-0.4, -0.2) is 60.7 Å². The Hall–Kier alpha value is -0.260. The lowest BCUT2D eigenvalue weighted by Gasteiger charge is -2.24. The third-order valence-electron chi connectivity index (χ3n) is 2.36.